The van der Waals surface area contributed by atoms with Crippen molar-refractivity contribution in [3.63, 3.8) is 0 Å². The third-order valence-electron chi connectivity index (χ3n) is 1.61. The molecule has 13 heavy (non-hydrogen) atoms. The van der Waals surface area contributed by atoms with Crippen molar-refractivity contribution in [2.24, 2.45) is 0 Å². The normalized spacial score (nSPS) is 11.4. The summed E-state index contributed by atoms with van der Waals surface area (Å²) in [6, 6.07) is 6.11. The molecule has 68 valence electrons. The maximum Gasteiger partial charge on any atom is 0.269 e. The smallest absolute Gasteiger partial charge is 0.258 e. The van der Waals surface area contributed by atoms with E-state index in [9.17, 15) is 10.1 Å². The van der Waals surface area contributed by atoms with Crippen LogP contribution in [0.2, 0.25) is 0 Å². The van der Waals surface area contributed by atoms with Gasteiger partial charge in [0, 0.05) is 17.2 Å². The van der Waals surface area contributed by atoms with Crippen LogP contribution in [0.3, 0.4) is 0 Å². The van der Waals surface area contributed by atoms with Gasteiger partial charge in [0.15, 0.2) is 0 Å². The summed E-state index contributed by atoms with van der Waals surface area (Å²) in [5.41, 5.74) is 0.860. The molecule has 0 atom stereocenters. The molecular weight excluding hydrogens is 190 g/mol. The molecule has 0 heterocycles. The fraction of sp³-hybridized carbons (Fsp3) is 0.111. The molecule has 1 aromatic carbocycles. The first-order valence-electron chi connectivity index (χ1n) is 3.72. The Hall–Kier alpha value is -1.35. The average molecular weight is 198 g/mol. The van der Waals surface area contributed by atoms with Crippen LogP contribution in [0, 0.1) is 10.1 Å². The van der Waals surface area contributed by atoms with Gasteiger partial charge in [-0.3, -0.25) is 10.1 Å². The van der Waals surface area contributed by atoms with E-state index in [1.807, 2.05) is 6.92 Å². The zero-order chi connectivity index (χ0) is 9.84. The van der Waals surface area contributed by atoms with Crippen molar-refractivity contribution in [1.29, 1.82) is 0 Å². The van der Waals surface area contributed by atoms with Crippen molar-refractivity contribution in [3.05, 3.63) is 46.0 Å². The standard InChI is InChI=1S/C9H8ClNO2/c1-2-9(10)7-3-5-8(6-4-7)11(12)13/h2-6H,1H3. The molecule has 0 aromatic heterocycles. The van der Waals surface area contributed by atoms with Gasteiger partial charge in [-0.2, -0.15) is 0 Å². The van der Waals surface area contributed by atoms with Crippen LogP contribution in [0.15, 0.2) is 30.3 Å². The third kappa shape index (κ3) is 2.29. The highest BCUT2D eigenvalue weighted by atomic mass is 35.5. The first-order chi connectivity index (χ1) is 6.15. The first-order valence-corrected chi connectivity index (χ1v) is 4.09. The molecule has 0 radical (unpaired) electrons. The van der Waals surface area contributed by atoms with E-state index in [2.05, 4.69) is 0 Å². The lowest BCUT2D eigenvalue weighted by atomic mass is 10.2. The summed E-state index contributed by atoms with van der Waals surface area (Å²) in [7, 11) is 0. The topological polar surface area (TPSA) is 43.1 Å². The van der Waals surface area contributed by atoms with Crippen molar-refractivity contribution in [3.8, 4) is 0 Å². The van der Waals surface area contributed by atoms with E-state index in [0.29, 0.717) is 5.03 Å². The molecule has 0 aliphatic heterocycles. The summed E-state index contributed by atoms with van der Waals surface area (Å²) in [4.78, 5) is 9.87. The lowest BCUT2D eigenvalue weighted by Gasteiger charge is -1.96. The van der Waals surface area contributed by atoms with Crippen LogP contribution in [0.5, 0.6) is 0 Å². The molecule has 4 heteroatoms. The molecule has 0 spiro atoms. The van der Waals surface area contributed by atoms with Gasteiger partial charge in [-0.1, -0.05) is 17.7 Å². The highest BCUT2D eigenvalue weighted by Crippen LogP contribution is 2.21. The van der Waals surface area contributed by atoms with E-state index in [4.69, 9.17) is 11.6 Å². The van der Waals surface area contributed by atoms with Gasteiger partial charge in [-0.25, -0.2) is 0 Å². The van der Waals surface area contributed by atoms with Crippen molar-refractivity contribution in [2.45, 2.75) is 6.92 Å². The number of halogens is 1. The van der Waals surface area contributed by atoms with E-state index in [1.165, 1.54) is 12.1 Å². The number of nitro groups is 1. The summed E-state index contributed by atoms with van der Waals surface area (Å²) >= 11 is 5.81. The zero-order valence-electron chi connectivity index (χ0n) is 7.03. The Kier molecular flexibility index (Phi) is 3.03. The first kappa shape index (κ1) is 9.74. The van der Waals surface area contributed by atoms with Gasteiger partial charge in [0.25, 0.3) is 5.69 Å². The Balaban J connectivity index is 3.00. The lowest BCUT2D eigenvalue weighted by Crippen LogP contribution is -1.87. The van der Waals surface area contributed by atoms with E-state index in [0.717, 1.165) is 5.56 Å². The number of allylic oxidation sites excluding steroid dienone is 1. The minimum Gasteiger partial charge on any atom is -0.258 e. The second kappa shape index (κ2) is 4.05. The van der Waals surface area contributed by atoms with Crippen molar-refractivity contribution < 1.29 is 4.92 Å². The largest absolute Gasteiger partial charge is 0.269 e. The summed E-state index contributed by atoms with van der Waals surface area (Å²) in [6.45, 7) is 1.81. The number of rotatable bonds is 2. The van der Waals surface area contributed by atoms with Gasteiger partial charge in [0.1, 0.15) is 0 Å². The number of benzene rings is 1. The summed E-state index contributed by atoms with van der Waals surface area (Å²) in [5, 5.41) is 10.9. The fourth-order valence-corrected chi connectivity index (χ4v) is 1.04. The quantitative estimate of drug-likeness (QED) is 0.540. The predicted molar refractivity (Wildman–Crippen MR) is 52.6 cm³/mol. The molecule has 3 nitrogen and oxygen atoms in total. The Morgan fingerprint density at radius 3 is 2.38 bits per heavy atom. The molecule has 0 saturated carbocycles. The van der Waals surface area contributed by atoms with Crippen LogP contribution >= 0.6 is 11.6 Å². The van der Waals surface area contributed by atoms with Crippen LogP contribution in [0.25, 0.3) is 5.03 Å². The maximum absolute atomic E-state index is 10.3. The number of non-ortho nitro benzene ring substituents is 1. The van der Waals surface area contributed by atoms with Gasteiger partial charge in [0.05, 0.1) is 4.92 Å². The van der Waals surface area contributed by atoms with E-state index in [-0.39, 0.29) is 5.69 Å². The molecule has 0 saturated heterocycles. The van der Waals surface area contributed by atoms with Crippen molar-refractivity contribution in [2.75, 3.05) is 0 Å². The van der Waals surface area contributed by atoms with Crippen molar-refractivity contribution in [1.82, 2.24) is 0 Å². The molecule has 1 rings (SSSR count). The molecule has 0 amide bonds. The molecule has 1 aromatic rings. The Morgan fingerprint density at radius 1 is 1.46 bits per heavy atom. The molecule has 0 aliphatic rings. The van der Waals surface area contributed by atoms with Crippen molar-refractivity contribution >= 4 is 22.3 Å². The lowest BCUT2D eigenvalue weighted by molar-refractivity contribution is -0.384. The summed E-state index contributed by atoms with van der Waals surface area (Å²) in [6.07, 6.45) is 1.74. The van der Waals surface area contributed by atoms with Gasteiger partial charge in [-0.05, 0) is 24.6 Å². The highest BCUT2D eigenvalue weighted by molar-refractivity contribution is 6.48. The molecule has 0 N–H and O–H groups in total. The predicted octanol–water partition coefficient (Wildman–Crippen LogP) is 3.19. The maximum atomic E-state index is 10.3. The third-order valence-corrected chi connectivity index (χ3v) is 2.04. The second-order valence-corrected chi connectivity index (χ2v) is 2.85. The number of nitro benzene ring substituents is 1. The van der Waals surface area contributed by atoms with Gasteiger partial charge < -0.3 is 0 Å². The SMILES string of the molecule is CC=C(Cl)c1ccc([N+](=O)[O-])cc1. The Labute approximate surface area is 80.8 Å². The van der Waals surface area contributed by atoms with Gasteiger partial charge >= 0.3 is 0 Å². The monoisotopic (exact) mass is 197 g/mol. The molecule has 0 unspecified atom stereocenters. The number of nitrogens with zero attached hydrogens (tertiary/aromatic N) is 1. The van der Waals surface area contributed by atoms with Gasteiger partial charge in [0.2, 0.25) is 0 Å². The highest BCUT2D eigenvalue weighted by Gasteiger charge is 2.04. The number of hydrogen-bond acceptors (Lipinski definition) is 2. The van der Waals surface area contributed by atoms with Crippen LogP contribution in [-0.2, 0) is 0 Å². The average Bonchev–Trinajstić information content (AvgIpc) is 2.17. The molecule has 0 aliphatic carbocycles. The summed E-state index contributed by atoms with van der Waals surface area (Å²) < 4.78 is 0. The minimum atomic E-state index is -0.437. The van der Waals surface area contributed by atoms with Crippen LogP contribution < -0.4 is 0 Å². The fourth-order valence-electron chi connectivity index (χ4n) is 0.909. The van der Waals surface area contributed by atoms with E-state index < -0.39 is 4.92 Å². The van der Waals surface area contributed by atoms with Crippen LogP contribution in [-0.4, -0.2) is 4.92 Å². The number of hydrogen-bond donors (Lipinski definition) is 0. The van der Waals surface area contributed by atoms with Gasteiger partial charge in [-0.15, -0.1) is 0 Å². The van der Waals surface area contributed by atoms with E-state index in [1.54, 1.807) is 18.2 Å². The molecule has 0 fully saturated rings. The minimum absolute atomic E-state index is 0.0734. The zero-order valence-corrected chi connectivity index (χ0v) is 7.78. The Bertz CT molecular complexity index is 343. The van der Waals surface area contributed by atoms with Crippen LogP contribution in [0.1, 0.15) is 12.5 Å². The molecular formula is C9H8ClNO2. The van der Waals surface area contributed by atoms with Crippen LogP contribution in [0.4, 0.5) is 5.69 Å². The summed E-state index contributed by atoms with van der Waals surface area (Å²) in [5.74, 6) is 0. The molecule has 0 bridgehead atoms. The van der Waals surface area contributed by atoms with E-state index >= 15 is 0 Å². The second-order valence-electron chi connectivity index (χ2n) is 2.44. The Morgan fingerprint density at radius 2 is 2.00 bits per heavy atom.